The Hall–Kier alpha value is -2.94. The van der Waals surface area contributed by atoms with E-state index in [4.69, 9.17) is 10.00 Å². The van der Waals surface area contributed by atoms with Crippen LogP contribution in [-0.4, -0.2) is 17.3 Å². The lowest BCUT2D eigenvalue weighted by molar-refractivity contribution is 0.386. The molecule has 5 nitrogen and oxygen atoms in total. The van der Waals surface area contributed by atoms with Crippen molar-refractivity contribution in [3.05, 3.63) is 56.8 Å². The number of nitrogens with one attached hydrogen (secondary N) is 1. The van der Waals surface area contributed by atoms with Crippen molar-refractivity contribution in [2.24, 2.45) is 0 Å². The number of hydrogen-bond donors (Lipinski definition) is 1. The van der Waals surface area contributed by atoms with E-state index in [9.17, 15) is 9.18 Å². The molecular formula is C15H12FN3O2. The lowest BCUT2D eigenvalue weighted by Crippen LogP contribution is -2.15. The van der Waals surface area contributed by atoms with Crippen molar-refractivity contribution in [2.75, 3.05) is 7.11 Å². The van der Waals surface area contributed by atoms with Gasteiger partial charge in [0.25, 0.3) is 5.56 Å². The molecular weight excluding hydrogens is 273 g/mol. The van der Waals surface area contributed by atoms with Crippen molar-refractivity contribution in [1.29, 1.82) is 5.26 Å². The van der Waals surface area contributed by atoms with Crippen LogP contribution in [-0.2, 0) is 0 Å². The molecule has 1 aromatic carbocycles. The monoisotopic (exact) mass is 285 g/mol. The molecule has 0 aliphatic heterocycles. The normalized spacial score (nSPS) is 10.6. The standard InChI is InChI=1S/C15H12FN3O2/c1-9-11(8-17)15(20)19-18-13(9)5-3-10-4-6-14(21-2)12(16)7-10/h3-7H,1-2H3,(H,19,20)/b5-3+. The van der Waals surface area contributed by atoms with Crippen LogP contribution in [0.25, 0.3) is 12.2 Å². The summed E-state index contributed by atoms with van der Waals surface area (Å²) in [6.07, 6.45) is 3.24. The lowest BCUT2D eigenvalue weighted by atomic mass is 10.1. The van der Waals surface area contributed by atoms with Gasteiger partial charge < -0.3 is 4.74 Å². The summed E-state index contributed by atoms with van der Waals surface area (Å²) in [6.45, 7) is 1.63. The fraction of sp³-hybridized carbons (Fsp3) is 0.133. The van der Waals surface area contributed by atoms with Gasteiger partial charge in [-0.3, -0.25) is 4.79 Å². The number of halogens is 1. The van der Waals surface area contributed by atoms with Crippen LogP contribution >= 0.6 is 0 Å². The Morgan fingerprint density at radius 2 is 2.19 bits per heavy atom. The maximum absolute atomic E-state index is 13.6. The maximum atomic E-state index is 13.6. The van der Waals surface area contributed by atoms with Crippen LogP contribution in [0.15, 0.2) is 23.0 Å². The Labute approximate surface area is 120 Å². The SMILES string of the molecule is COc1ccc(/C=C/c2n[nH]c(=O)c(C#N)c2C)cc1F. The molecule has 0 aliphatic rings. The van der Waals surface area contributed by atoms with E-state index >= 15 is 0 Å². The Bertz CT molecular complexity index is 804. The first-order valence-corrected chi connectivity index (χ1v) is 6.08. The molecule has 0 unspecified atom stereocenters. The molecule has 0 saturated heterocycles. The molecule has 6 heteroatoms. The molecule has 1 heterocycles. The van der Waals surface area contributed by atoms with Gasteiger partial charge in [-0.2, -0.15) is 10.4 Å². The molecule has 0 atom stereocenters. The van der Waals surface area contributed by atoms with E-state index in [-0.39, 0.29) is 11.3 Å². The first-order valence-electron chi connectivity index (χ1n) is 6.08. The summed E-state index contributed by atoms with van der Waals surface area (Å²) in [5.74, 6) is -0.305. The number of rotatable bonds is 3. The van der Waals surface area contributed by atoms with Gasteiger partial charge in [-0.25, -0.2) is 9.49 Å². The minimum atomic E-state index is -0.525. The minimum Gasteiger partial charge on any atom is -0.494 e. The third kappa shape index (κ3) is 2.98. The van der Waals surface area contributed by atoms with Crippen LogP contribution in [0.2, 0.25) is 0 Å². The zero-order valence-corrected chi connectivity index (χ0v) is 11.5. The highest BCUT2D eigenvalue weighted by molar-refractivity contribution is 5.70. The van der Waals surface area contributed by atoms with Crippen LogP contribution in [0.1, 0.15) is 22.4 Å². The van der Waals surface area contributed by atoms with E-state index in [1.165, 1.54) is 19.2 Å². The average molecular weight is 285 g/mol. The summed E-state index contributed by atoms with van der Waals surface area (Å²) in [6, 6.07) is 6.35. The highest BCUT2D eigenvalue weighted by atomic mass is 19.1. The molecule has 0 radical (unpaired) electrons. The Morgan fingerprint density at radius 3 is 2.81 bits per heavy atom. The number of aromatic nitrogens is 2. The number of methoxy groups -OCH3 is 1. The topological polar surface area (TPSA) is 78.8 Å². The molecule has 2 aromatic rings. The fourth-order valence-corrected chi connectivity index (χ4v) is 1.81. The summed E-state index contributed by atoms with van der Waals surface area (Å²) in [5, 5.41) is 15.0. The zero-order valence-electron chi connectivity index (χ0n) is 11.5. The predicted octanol–water partition coefficient (Wildman–Crippen LogP) is 2.27. The molecule has 0 spiro atoms. The van der Waals surface area contributed by atoms with E-state index in [1.54, 1.807) is 25.1 Å². The van der Waals surface area contributed by atoms with Crippen LogP contribution in [0.5, 0.6) is 5.75 Å². The van der Waals surface area contributed by atoms with Gasteiger partial charge in [-0.15, -0.1) is 0 Å². The smallest absolute Gasteiger partial charge is 0.282 e. The fourth-order valence-electron chi connectivity index (χ4n) is 1.81. The van der Waals surface area contributed by atoms with Crippen LogP contribution < -0.4 is 10.3 Å². The molecule has 106 valence electrons. The second-order valence-corrected chi connectivity index (χ2v) is 4.28. The Kier molecular flexibility index (Phi) is 4.14. The molecule has 0 fully saturated rings. The first-order chi connectivity index (χ1) is 10.1. The minimum absolute atomic E-state index is 0.0190. The zero-order chi connectivity index (χ0) is 15.4. The second kappa shape index (κ2) is 6.01. The number of H-pyrrole nitrogens is 1. The molecule has 0 aliphatic carbocycles. The summed E-state index contributed by atoms with van der Waals surface area (Å²) in [5.41, 5.74) is 1.03. The van der Waals surface area contributed by atoms with E-state index < -0.39 is 11.4 Å². The van der Waals surface area contributed by atoms with Gasteiger partial charge in [-0.05, 0) is 36.3 Å². The average Bonchev–Trinajstić information content (AvgIpc) is 2.47. The van der Waals surface area contributed by atoms with E-state index in [0.29, 0.717) is 16.8 Å². The first kappa shape index (κ1) is 14.5. The van der Waals surface area contributed by atoms with Crippen LogP contribution in [0.3, 0.4) is 0 Å². The van der Waals surface area contributed by atoms with Crippen molar-refractivity contribution < 1.29 is 9.13 Å². The number of aromatic amines is 1. The number of nitriles is 1. The van der Waals surface area contributed by atoms with Crippen LogP contribution in [0, 0.1) is 24.1 Å². The number of benzene rings is 1. The van der Waals surface area contributed by atoms with Crippen molar-refractivity contribution >= 4 is 12.2 Å². The summed E-state index contributed by atoms with van der Waals surface area (Å²) < 4.78 is 18.4. The van der Waals surface area contributed by atoms with Crippen LogP contribution in [0.4, 0.5) is 4.39 Å². The Morgan fingerprint density at radius 1 is 1.43 bits per heavy atom. The van der Waals surface area contributed by atoms with Gasteiger partial charge in [0.1, 0.15) is 11.6 Å². The van der Waals surface area contributed by atoms with Gasteiger partial charge in [0.15, 0.2) is 11.6 Å². The number of nitrogens with zero attached hydrogens (tertiary/aromatic N) is 2. The number of ether oxygens (including phenoxy) is 1. The summed E-state index contributed by atoms with van der Waals surface area (Å²) >= 11 is 0. The number of hydrogen-bond acceptors (Lipinski definition) is 4. The molecule has 0 bridgehead atoms. The largest absolute Gasteiger partial charge is 0.494 e. The third-order valence-corrected chi connectivity index (χ3v) is 2.99. The summed E-state index contributed by atoms with van der Waals surface area (Å²) in [4.78, 5) is 11.4. The van der Waals surface area contributed by atoms with E-state index in [1.807, 2.05) is 6.07 Å². The van der Waals surface area contributed by atoms with E-state index in [2.05, 4.69) is 10.2 Å². The molecule has 1 N–H and O–H groups in total. The molecule has 21 heavy (non-hydrogen) atoms. The molecule has 2 rings (SSSR count). The maximum Gasteiger partial charge on any atom is 0.282 e. The van der Waals surface area contributed by atoms with Gasteiger partial charge in [0, 0.05) is 0 Å². The molecule has 0 amide bonds. The predicted molar refractivity (Wildman–Crippen MR) is 76.2 cm³/mol. The Balaban J connectivity index is 2.36. The third-order valence-electron chi connectivity index (χ3n) is 2.99. The van der Waals surface area contributed by atoms with Crippen molar-refractivity contribution in [1.82, 2.24) is 10.2 Å². The molecule has 0 saturated carbocycles. The lowest BCUT2D eigenvalue weighted by Gasteiger charge is -2.02. The quantitative estimate of drug-likeness (QED) is 0.938. The van der Waals surface area contributed by atoms with Crippen molar-refractivity contribution in [3.8, 4) is 11.8 Å². The summed E-state index contributed by atoms with van der Waals surface area (Å²) in [7, 11) is 1.39. The van der Waals surface area contributed by atoms with Gasteiger partial charge in [-0.1, -0.05) is 12.1 Å². The van der Waals surface area contributed by atoms with Gasteiger partial charge >= 0.3 is 0 Å². The van der Waals surface area contributed by atoms with Gasteiger partial charge in [0.2, 0.25) is 0 Å². The van der Waals surface area contributed by atoms with Crippen molar-refractivity contribution in [2.45, 2.75) is 6.92 Å². The highest BCUT2D eigenvalue weighted by Crippen LogP contribution is 2.19. The highest BCUT2D eigenvalue weighted by Gasteiger charge is 2.07. The molecule has 1 aromatic heterocycles. The van der Waals surface area contributed by atoms with E-state index in [0.717, 1.165) is 0 Å². The van der Waals surface area contributed by atoms with Gasteiger partial charge in [0.05, 0.1) is 12.8 Å². The second-order valence-electron chi connectivity index (χ2n) is 4.28. The van der Waals surface area contributed by atoms with Crippen molar-refractivity contribution in [3.63, 3.8) is 0 Å².